The molecule has 0 atom stereocenters. The maximum Gasteiger partial charge on any atom is 0.333 e. The highest BCUT2D eigenvalue weighted by Gasteiger charge is 2.34. The number of nitrogens with zero attached hydrogens (tertiary/aromatic N) is 3. The van der Waals surface area contributed by atoms with Crippen molar-refractivity contribution in [1.29, 1.82) is 0 Å². The van der Waals surface area contributed by atoms with Crippen LogP contribution >= 0.6 is 0 Å². The Morgan fingerprint density at radius 1 is 1.26 bits per heavy atom. The lowest BCUT2D eigenvalue weighted by Gasteiger charge is -2.24. The lowest BCUT2D eigenvalue weighted by molar-refractivity contribution is -0.385. The Balaban J connectivity index is 1.79. The molecule has 1 aromatic rings. The standard InChI is InChI=1S/C16H21N3O4/c1-23-14-5-2-4-13(15(14)19(21)22)17-8-3-9-18(11-10-17)16(20)12-6-7-12/h2,4-5,12H,3,6-11H2,1H3. The van der Waals surface area contributed by atoms with Crippen molar-refractivity contribution in [3.63, 3.8) is 0 Å². The molecule has 7 heteroatoms. The summed E-state index contributed by atoms with van der Waals surface area (Å²) in [7, 11) is 1.44. The second-order valence-electron chi connectivity index (χ2n) is 6.03. The molecule has 23 heavy (non-hydrogen) atoms. The first kappa shape index (κ1) is 15.6. The number of para-hydroxylation sites is 1. The average Bonchev–Trinajstić information content (AvgIpc) is 3.39. The van der Waals surface area contributed by atoms with E-state index in [-0.39, 0.29) is 23.3 Å². The Bertz CT molecular complexity index is 615. The van der Waals surface area contributed by atoms with Crippen LogP contribution in [-0.2, 0) is 4.79 Å². The third-order valence-electron chi connectivity index (χ3n) is 4.46. The summed E-state index contributed by atoms with van der Waals surface area (Å²) < 4.78 is 5.14. The van der Waals surface area contributed by atoms with Crippen LogP contribution in [0.4, 0.5) is 11.4 Å². The van der Waals surface area contributed by atoms with E-state index < -0.39 is 4.92 Å². The number of nitro groups is 1. The van der Waals surface area contributed by atoms with Gasteiger partial charge in [-0.3, -0.25) is 14.9 Å². The quantitative estimate of drug-likeness (QED) is 0.627. The molecular formula is C16H21N3O4. The van der Waals surface area contributed by atoms with Gasteiger partial charge in [-0.05, 0) is 31.4 Å². The summed E-state index contributed by atoms with van der Waals surface area (Å²) in [5, 5.41) is 11.4. The molecule has 1 amide bonds. The van der Waals surface area contributed by atoms with Crippen molar-refractivity contribution in [2.24, 2.45) is 5.92 Å². The second kappa shape index (κ2) is 6.44. The maximum absolute atomic E-state index is 12.2. The van der Waals surface area contributed by atoms with Gasteiger partial charge in [0.1, 0.15) is 5.69 Å². The number of benzene rings is 1. The molecule has 1 aromatic carbocycles. The molecule has 0 N–H and O–H groups in total. The van der Waals surface area contributed by atoms with E-state index in [0.717, 1.165) is 25.8 Å². The fraction of sp³-hybridized carbons (Fsp3) is 0.562. The number of carbonyl (C=O) groups excluding carboxylic acids is 1. The second-order valence-corrected chi connectivity index (χ2v) is 6.03. The van der Waals surface area contributed by atoms with Gasteiger partial charge in [0.25, 0.3) is 0 Å². The summed E-state index contributed by atoms with van der Waals surface area (Å²) >= 11 is 0. The SMILES string of the molecule is COc1cccc(N2CCCN(C(=O)C3CC3)CC2)c1[N+](=O)[O-]. The largest absolute Gasteiger partial charge is 0.490 e. The number of rotatable bonds is 4. The van der Waals surface area contributed by atoms with Crippen LogP contribution in [0.2, 0.25) is 0 Å². The number of ether oxygens (including phenoxy) is 1. The third kappa shape index (κ3) is 3.23. The summed E-state index contributed by atoms with van der Waals surface area (Å²) in [6, 6.07) is 5.11. The van der Waals surface area contributed by atoms with Gasteiger partial charge in [-0.15, -0.1) is 0 Å². The van der Waals surface area contributed by atoms with Crippen molar-refractivity contribution < 1.29 is 14.5 Å². The molecule has 124 valence electrons. The Morgan fingerprint density at radius 3 is 2.70 bits per heavy atom. The fourth-order valence-electron chi connectivity index (χ4n) is 3.08. The van der Waals surface area contributed by atoms with Crippen LogP contribution in [-0.4, -0.2) is 49.0 Å². The number of amides is 1. The van der Waals surface area contributed by atoms with Crippen LogP contribution in [0.5, 0.6) is 5.75 Å². The van der Waals surface area contributed by atoms with Crippen LogP contribution in [0.3, 0.4) is 0 Å². The monoisotopic (exact) mass is 319 g/mol. The highest BCUT2D eigenvalue weighted by atomic mass is 16.6. The van der Waals surface area contributed by atoms with Crippen LogP contribution in [0.15, 0.2) is 18.2 Å². The van der Waals surface area contributed by atoms with Crippen LogP contribution < -0.4 is 9.64 Å². The molecule has 0 aromatic heterocycles. The van der Waals surface area contributed by atoms with Crippen molar-refractivity contribution in [3.8, 4) is 5.75 Å². The molecule has 1 heterocycles. The normalized spacial score (nSPS) is 18.5. The van der Waals surface area contributed by atoms with Crippen molar-refractivity contribution >= 4 is 17.3 Å². The molecule has 3 rings (SSSR count). The van der Waals surface area contributed by atoms with E-state index in [1.54, 1.807) is 18.2 Å². The smallest absolute Gasteiger partial charge is 0.333 e. The number of methoxy groups -OCH3 is 1. The van der Waals surface area contributed by atoms with E-state index in [1.807, 2.05) is 9.80 Å². The Morgan fingerprint density at radius 2 is 2.04 bits per heavy atom. The Kier molecular flexibility index (Phi) is 4.36. The number of hydrogen-bond donors (Lipinski definition) is 0. The topological polar surface area (TPSA) is 75.9 Å². The van der Waals surface area contributed by atoms with E-state index in [1.165, 1.54) is 7.11 Å². The molecule has 1 saturated carbocycles. The van der Waals surface area contributed by atoms with Crippen LogP contribution in [0.1, 0.15) is 19.3 Å². The third-order valence-corrected chi connectivity index (χ3v) is 4.46. The zero-order chi connectivity index (χ0) is 16.4. The van der Waals surface area contributed by atoms with E-state index in [4.69, 9.17) is 4.74 Å². The number of carbonyl (C=O) groups is 1. The van der Waals surface area contributed by atoms with Gasteiger partial charge in [0.15, 0.2) is 5.75 Å². The van der Waals surface area contributed by atoms with Crippen LogP contribution in [0, 0.1) is 16.0 Å². The summed E-state index contributed by atoms with van der Waals surface area (Å²) in [6.45, 7) is 2.64. The highest BCUT2D eigenvalue weighted by molar-refractivity contribution is 5.81. The molecule has 2 fully saturated rings. The molecule has 0 unspecified atom stereocenters. The van der Waals surface area contributed by atoms with Gasteiger partial charge in [-0.1, -0.05) is 6.07 Å². The predicted octanol–water partition coefficient (Wildman–Crippen LogP) is 2.05. The molecule has 2 aliphatic rings. The molecule has 0 spiro atoms. The number of hydrogen-bond acceptors (Lipinski definition) is 5. The summed E-state index contributed by atoms with van der Waals surface area (Å²) in [5.74, 6) is 0.724. The zero-order valence-corrected chi connectivity index (χ0v) is 13.2. The van der Waals surface area contributed by atoms with Gasteiger partial charge in [0, 0.05) is 32.1 Å². The van der Waals surface area contributed by atoms with Gasteiger partial charge in [0.05, 0.1) is 12.0 Å². The Hall–Kier alpha value is -2.31. The lowest BCUT2D eigenvalue weighted by Crippen LogP contribution is -2.36. The minimum atomic E-state index is -0.397. The predicted molar refractivity (Wildman–Crippen MR) is 85.8 cm³/mol. The van der Waals surface area contributed by atoms with Gasteiger partial charge >= 0.3 is 5.69 Å². The van der Waals surface area contributed by atoms with E-state index in [9.17, 15) is 14.9 Å². The van der Waals surface area contributed by atoms with Gasteiger partial charge in [-0.25, -0.2) is 0 Å². The van der Waals surface area contributed by atoms with E-state index in [2.05, 4.69) is 0 Å². The minimum Gasteiger partial charge on any atom is -0.490 e. The minimum absolute atomic E-state index is 0.00281. The van der Waals surface area contributed by atoms with Crippen molar-refractivity contribution in [2.75, 3.05) is 38.2 Å². The molecule has 0 radical (unpaired) electrons. The molecule has 1 aliphatic heterocycles. The zero-order valence-electron chi connectivity index (χ0n) is 13.2. The number of nitro benzene ring substituents is 1. The Labute approximate surface area is 135 Å². The van der Waals surface area contributed by atoms with Crippen molar-refractivity contribution in [2.45, 2.75) is 19.3 Å². The highest BCUT2D eigenvalue weighted by Crippen LogP contribution is 2.37. The van der Waals surface area contributed by atoms with Crippen LogP contribution in [0.25, 0.3) is 0 Å². The molecule has 7 nitrogen and oxygen atoms in total. The molecule has 0 bridgehead atoms. The summed E-state index contributed by atoms with van der Waals surface area (Å²) in [5.41, 5.74) is 0.562. The first-order chi connectivity index (χ1) is 11.1. The van der Waals surface area contributed by atoms with E-state index >= 15 is 0 Å². The first-order valence-corrected chi connectivity index (χ1v) is 7.97. The summed E-state index contributed by atoms with van der Waals surface area (Å²) in [4.78, 5) is 27.1. The summed E-state index contributed by atoms with van der Waals surface area (Å²) in [6.07, 6.45) is 2.81. The van der Waals surface area contributed by atoms with Gasteiger partial charge in [0.2, 0.25) is 5.91 Å². The molecular weight excluding hydrogens is 298 g/mol. The number of anilines is 1. The van der Waals surface area contributed by atoms with Crippen molar-refractivity contribution in [1.82, 2.24) is 4.90 Å². The van der Waals surface area contributed by atoms with Crippen molar-refractivity contribution in [3.05, 3.63) is 28.3 Å². The fourth-order valence-corrected chi connectivity index (χ4v) is 3.08. The maximum atomic E-state index is 12.2. The first-order valence-electron chi connectivity index (χ1n) is 7.97. The van der Waals surface area contributed by atoms with Gasteiger partial charge in [-0.2, -0.15) is 0 Å². The molecule has 1 saturated heterocycles. The lowest BCUT2D eigenvalue weighted by atomic mass is 10.2. The average molecular weight is 319 g/mol. The van der Waals surface area contributed by atoms with Gasteiger partial charge < -0.3 is 14.5 Å². The molecule has 1 aliphatic carbocycles. The van der Waals surface area contributed by atoms with E-state index in [0.29, 0.717) is 25.3 Å².